The number of likely N-dealkylation sites (tertiary alicyclic amines) is 1. The summed E-state index contributed by atoms with van der Waals surface area (Å²) in [5, 5.41) is 13.3. The van der Waals surface area contributed by atoms with E-state index in [0.29, 0.717) is 12.0 Å². The minimum absolute atomic E-state index is 0.314. The molecule has 1 aliphatic heterocycles. The molecule has 21 heavy (non-hydrogen) atoms. The van der Waals surface area contributed by atoms with E-state index in [0.717, 1.165) is 51.1 Å². The van der Waals surface area contributed by atoms with Crippen LogP contribution in [0.15, 0.2) is 0 Å². The van der Waals surface area contributed by atoms with Crippen LogP contribution in [0.1, 0.15) is 64.7 Å². The van der Waals surface area contributed by atoms with Gasteiger partial charge in [-0.1, -0.05) is 13.3 Å². The molecule has 3 atom stereocenters. The van der Waals surface area contributed by atoms with Crippen LogP contribution < -0.4 is 5.32 Å². The topological polar surface area (TPSA) is 52.6 Å². The number of carboxylic acid groups (broad SMARTS) is 1. The van der Waals surface area contributed by atoms with Crippen molar-refractivity contribution >= 4 is 5.97 Å². The summed E-state index contributed by atoms with van der Waals surface area (Å²) in [6.45, 7) is 4.57. The fourth-order valence-electron chi connectivity index (χ4n) is 4.57. The maximum Gasteiger partial charge on any atom is 0.324 e. The predicted molar refractivity (Wildman–Crippen MR) is 83.4 cm³/mol. The Morgan fingerprint density at radius 2 is 2.10 bits per heavy atom. The zero-order valence-electron chi connectivity index (χ0n) is 13.3. The van der Waals surface area contributed by atoms with Crippen LogP contribution in [-0.2, 0) is 4.79 Å². The van der Waals surface area contributed by atoms with E-state index in [1.165, 1.54) is 25.8 Å². The van der Waals surface area contributed by atoms with Crippen molar-refractivity contribution in [2.24, 2.45) is 5.92 Å². The summed E-state index contributed by atoms with van der Waals surface area (Å²) in [7, 11) is 0. The highest BCUT2D eigenvalue weighted by molar-refractivity contribution is 5.80. The Morgan fingerprint density at radius 3 is 2.76 bits per heavy atom. The molecule has 2 saturated carbocycles. The van der Waals surface area contributed by atoms with Crippen LogP contribution in [0.4, 0.5) is 0 Å². The zero-order chi connectivity index (χ0) is 14.9. The van der Waals surface area contributed by atoms with Gasteiger partial charge >= 0.3 is 5.97 Å². The molecule has 0 radical (unpaired) electrons. The van der Waals surface area contributed by atoms with Gasteiger partial charge in [-0.25, -0.2) is 0 Å². The first-order valence-corrected chi connectivity index (χ1v) is 8.91. The summed E-state index contributed by atoms with van der Waals surface area (Å²) in [4.78, 5) is 14.5. The molecule has 3 rings (SSSR count). The summed E-state index contributed by atoms with van der Waals surface area (Å²) in [6.07, 6.45) is 10.2. The largest absolute Gasteiger partial charge is 0.480 e. The molecule has 2 N–H and O–H groups in total. The lowest BCUT2D eigenvalue weighted by Crippen LogP contribution is -2.56. The molecule has 120 valence electrons. The quantitative estimate of drug-likeness (QED) is 0.758. The van der Waals surface area contributed by atoms with Gasteiger partial charge in [0.05, 0.1) is 0 Å². The number of nitrogens with zero attached hydrogens (tertiary/aromatic N) is 1. The lowest BCUT2D eigenvalue weighted by atomic mass is 9.84. The van der Waals surface area contributed by atoms with Crippen molar-refractivity contribution in [1.29, 1.82) is 0 Å². The second-order valence-electron chi connectivity index (χ2n) is 7.31. The number of rotatable bonds is 7. The number of carbonyl (C=O) groups is 1. The Labute approximate surface area is 128 Å². The molecule has 3 unspecified atom stereocenters. The summed E-state index contributed by atoms with van der Waals surface area (Å²) in [5.41, 5.74) is -0.622. The molecule has 0 spiro atoms. The van der Waals surface area contributed by atoms with Crippen LogP contribution in [0.3, 0.4) is 0 Å². The SMILES string of the molecule is CCC1CCCN1CCC1CCCC1(NC1CC1)C(=O)O. The van der Waals surface area contributed by atoms with E-state index in [2.05, 4.69) is 17.1 Å². The van der Waals surface area contributed by atoms with Gasteiger partial charge < -0.3 is 10.0 Å². The molecule has 1 saturated heterocycles. The van der Waals surface area contributed by atoms with Crippen molar-refractivity contribution in [1.82, 2.24) is 10.2 Å². The third-order valence-electron chi connectivity index (χ3n) is 5.98. The van der Waals surface area contributed by atoms with Crippen LogP contribution in [0, 0.1) is 5.92 Å². The van der Waals surface area contributed by atoms with E-state index in [1.807, 2.05) is 0 Å². The minimum atomic E-state index is -0.622. The first kappa shape index (κ1) is 15.3. The van der Waals surface area contributed by atoms with Gasteiger partial charge in [0, 0.05) is 12.1 Å². The molecule has 0 aromatic carbocycles. The van der Waals surface area contributed by atoms with E-state index in [9.17, 15) is 9.90 Å². The van der Waals surface area contributed by atoms with Gasteiger partial charge in [0.1, 0.15) is 5.54 Å². The lowest BCUT2D eigenvalue weighted by Gasteiger charge is -2.34. The highest BCUT2D eigenvalue weighted by Gasteiger charge is 2.51. The average molecular weight is 294 g/mol. The summed E-state index contributed by atoms with van der Waals surface area (Å²) in [6, 6.07) is 1.21. The molecule has 0 amide bonds. The molecule has 4 nitrogen and oxygen atoms in total. The van der Waals surface area contributed by atoms with Crippen LogP contribution in [0.2, 0.25) is 0 Å². The molecule has 3 fully saturated rings. The maximum absolute atomic E-state index is 11.9. The Bertz CT molecular complexity index is 383. The summed E-state index contributed by atoms with van der Waals surface area (Å²) >= 11 is 0. The Balaban J connectivity index is 1.61. The van der Waals surface area contributed by atoms with E-state index in [4.69, 9.17) is 0 Å². The first-order valence-electron chi connectivity index (χ1n) is 8.91. The molecular weight excluding hydrogens is 264 g/mol. The molecule has 0 bridgehead atoms. The Morgan fingerprint density at radius 1 is 1.29 bits per heavy atom. The zero-order valence-corrected chi connectivity index (χ0v) is 13.3. The van der Waals surface area contributed by atoms with E-state index in [1.54, 1.807) is 0 Å². The standard InChI is InChI=1S/C17H30N2O2/c1-2-15-6-4-11-19(15)12-9-13-5-3-10-17(13,16(20)21)18-14-7-8-14/h13-15,18H,2-12H2,1H3,(H,20,21). The maximum atomic E-state index is 11.9. The Hall–Kier alpha value is -0.610. The summed E-state index contributed by atoms with van der Waals surface area (Å²) < 4.78 is 0. The van der Waals surface area contributed by atoms with Gasteiger partial charge in [-0.2, -0.15) is 0 Å². The molecule has 1 heterocycles. The molecular formula is C17H30N2O2. The van der Waals surface area contributed by atoms with Gasteiger partial charge in [-0.05, 0) is 70.4 Å². The van der Waals surface area contributed by atoms with Crippen molar-refractivity contribution in [3.8, 4) is 0 Å². The van der Waals surface area contributed by atoms with Crippen molar-refractivity contribution in [2.45, 2.75) is 82.3 Å². The van der Waals surface area contributed by atoms with Gasteiger partial charge in [-0.3, -0.25) is 10.1 Å². The summed E-state index contributed by atoms with van der Waals surface area (Å²) in [5.74, 6) is -0.293. The second kappa shape index (κ2) is 6.25. The molecule has 4 heteroatoms. The van der Waals surface area contributed by atoms with Gasteiger partial charge in [0.15, 0.2) is 0 Å². The fourth-order valence-corrected chi connectivity index (χ4v) is 4.57. The third kappa shape index (κ3) is 3.11. The fraction of sp³-hybridized carbons (Fsp3) is 0.941. The second-order valence-corrected chi connectivity index (χ2v) is 7.31. The van der Waals surface area contributed by atoms with Crippen LogP contribution in [0.5, 0.6) is 0 Å². The van der Waals surface area contributed by atoms with Gasteiger partial charge in [0.25, 0.3) is 0 Å². The van der Waals surface area contributed by atoms with Crippen LogP contribution >= 0.6 is 0 Å². The molecule has 2 aliphatic carbocycles. The minimum Gasteiger partial charge on any atom is -0.480 e. The van der Waals surface area contributed by atoms with Crippen molar-refractivity contribution in [3.63, 3.8) is 0 Å². The lowest BCUT2D eigenvalue weighted by molar-refractivity contribution is -0.147. The molecule has 0 aromatic rings. The normalized spacial score (nSPS) is 37.2. The molecule has 3 aliphatic rings. The van der Waals surface area contributed by atoms with Crippen LogP contribution in [-0.4, -0.2) is 46.7 Å². The number of hydrogen-bond acceptors (Lipinski definition) is 3. The Kier molecular flexibility index (Phi) is 4.55. The smallest absolute Gasteiger partial charge is 0.324 e. The van der Waals surface area contributed by atoms with Gasteiger partial charge in [0.2, 0.25) is 0 Å². The van der Waals surface area contributed by atoms with Crippen LogP contribution in [0.25, 0.3) is 0 Å². The van der Waals surface area contributed by atoms with E-state index >= 15 is 0 Å². The first-order chi connectivity index (χ1) is 10.2. The highest BCUT2D eigenvalue weighted by atomic mass is 16.4. The number of hydrogen-bond donors (Lipinski definition) is 2. The van der Waals surface area contributed by atoms with Crippen molar-refractivity contribution in [3.05, 3.63) is 0 Å². The predicted octanol–water partition coefficient (Wildman–Crippen LogP) is 2.63. The number of carboxylic acids is 1. The number of aliphatic carboxylic acids is 1. The van der Waals surface area contributed by atoms with Crippen molar-refractivity contribution < 1.29 is 9.90 Å². The van der Waals surface area contributed by atoms with E-state index in [-0.39, 0.29) is 0 Å². The highest BCUT2D eigenvalue weighted by Crippen LogP contribution is 2.41. The van der Waals surface area contributed by atoms with Crippen molar-refractivity contribution in [2.75, 3.05) is 13.1 Å². The average Bonchev–Trinajstić information content (AvgIpc) is 3.01. The monoisotopic (exact) mass is 294 g/mol. The van der Waals surface area contributed by atoms with E-state index < -0.39 is 11.5 Å². The number of nitrogens with one attached hydrogen (secondary N) is 1. The third-order valence-corrected chi connectivity index (χ3v) is 5.98. The molecule has 0 aromatic heterocycles. The van der Waals surface area contributed by atoms with Gasteiger partial charge in [-0.15, -0.1) is 0 Å².